The van der Waals surface area contributed by atoms with Gasteiger partial charge in [0.05, 0.1) is 13.0 Å². The zero-order valence-electron chi connectivity index (χ0n) is 18.4. The third-order valence-corrected chi connectivity index (χ3v) is 6.75. The van der Waals surface area contributed by atoms with Crippen molar-refractivity contribution in [2.24, 2.45) is 5.73 Å². The minimum Gasteiger partial charge on any atom is -0.492 e. The molecule has 6 heteroatoms. The average molecular weight is 447 g/mol. The number of fused-ring (bicyclic) bond motifs is 2. The summed E-state index contributed by atoms with van der Waals surface area (Å²) in [4.78, 5) is 14.9. The van der Waals surface area contributed by atoms with E-state index in [9.17, 15) is 9.18 Å². The first-order valence-electron chi connectivity index (χ1n) is 11.3. The lowest BCUT2D eigenvalue weighted by Crippen LogP contribution is -2.46. The summed E-state index contributed by atoms with van der Waals surface area (Å²) >= 11 is 0. The molecule has 0 aliphatic carbocycles. The summed E-state index contributed by atoms with van der Waals surface area (Å²) in [5.41, 5.74) is 8.98. The Hall–Kier alpha value is -3.38. The highest BCUT2D eigenvalue weighted by Gasteiger charge is 2.43. The molecule has 0 unspecified atom stereocenters. The lowest BCUT2D eigenvalue weighted by atomic mass is 9.74. The Morgan fingerprint density at radius 3 is 2.64 bits per heavy atom. The van der Waals surface area contributed by atoms with Crippen LogP contribution in [-0.4, -0.2) is 30.5 Å². The molecule has 1 saturated heterocycles. The number of rotatable bonds is 5. The number of nitrogens with two attached hydrogens (primary N) is 1. The summed E-state index contributed by atoms with van der Waals surface area (Å²) in [6, 6.07) is 19.8. The summed E-state index contributed by atoms with van der Waals surface area (Å²) in [7, 11) is 0. The van der Waals surface area contributed by atoms with E-state index < -0.39 is 5.82 Å². The highest BCUT2D eigenvalue weighted by Crippen LogP contribution is 2.45. The standard InChI is InChI=1S/C27H27FN2O3/c28-23-6-1-2-7-25(23)33-21-5-3-4-19(14-21)16-26(31)30-12-10-27(11-13-30)18-32-24-9-8-20(17-29)15-22(24)27/h1-9,14-15H,10-13,16-18,29H2. The fraction of sp³-hybridized carbons (Fsp3) is 0.296. The van der Waals surface area contributed by atoms with Crippen LogP contribution in [-0.2, 0) is 23.2 Å². The molecule has 1 amide bonds. The molecule has 0 radical (unpaired) electrons. The molecule has 33 heavy (non-hydrogen) atoms. The van der Waals surface area contributed by atoms with E-state index >= 15 is 0 Å². The highest BCUT2D eigenvalue weighted by atomic mass is 19.1. The van der Waals surface area contributed by atoms with Crippen LogP contribution >= 0.6 is 0 Å². The van der Waals surface area contributed by atoms with E-state index in [0.717, 1.165) is 29.7 Å². The molecule has 3 aromatic carbocycles. The molecule has 0 aromatic heterocycles. The molecule has 2 aliphatic rings. The number of hydrogen-bond donors (Lipinski definition) is 1. The molecule has 0 bridgehead atoms. The Bertz CT molecular complexity index is 1170. The molecule has 5 rings (SSSR count). The first-order valence-corrected chi connectivity index (χ1v) is 11.3. The van der Waals surface area contributed by atoms with Gasteiger partial charge in [0.2, 0.25) is 5.91 Å². The van der Waals surface area contributed by atoms with Crippen molar-refractivity contribution in [3.8, 4) is 17.2 Å². The molecule has 0 atom stereocenters. The van der Waals surface area contributed by atoms with Crippen LogP contribution in [0.4, 0.5) is 4.39 Å². The molecule has 2 N–H and O–H groups in total. The van der Waals surface area contributed by atoms with Crippen molar-refractivity contribution >= 4 is 5.91 Å². The zero-order valence-corrected chi connectivity index (χ0v) is 18.4. The van der Waals surface area contributed by atoms with Gasteiger partial charge in [-0.1, -0.05) is 36.4 Å². The van der Waals surface area contributed by atoms with Crippen LogP contribution in [0.5, 0.6) is 17.2 Å². The molecule has 170 valence electrons. The van der Waals surface area contributed by atoms with Crippen LogP contribution in [0.3, 0.4) is 0 Å². The third kappa shape index (κ3) is 4.31. The van der Waals surface area contributed by atoms with E-state index in [0.29, 0.717) is 32.0 Å². The number of nitrogens with zero attached hydrogens (tertiary/aromatic N) is 1. The van der Waals surface area contributed by atoms with E-state index in [4.69, 9.17) is 15.2 Å². The fourth-order valence-corrected chi connectivity index (χ4v) is 4.80. The summed E-state index contributed by atoms with van der Waals surface area (Å²) < 4.78 is 25.5. The smallest absolute Gasteiger partial charge is 0.226 e. The number of ether oxygens (including phenoxy) is 2. The number of hydrogen-bond acceptors (Lipinski definition) is 4. The quantitative estimate of drug-likeness (QED) is 0.624. The van der Waals surface area contributed by atoms with Crippen molar-refractivity contribution in [2.75, 3.05) is 19.7 Å². The second-order valence-electron chi connectivity index (χ2n) is 8.84. The van der Waals surface area contributed by atoms with Gasteiger partial charge in [-0.3, -0.25) is 4.79 Å². The Morgan fingerprint density at radius 2 is 1.85 bits per heavy atom. The van der Waals surface area contributed by atoms with Crippen molar-refractivity contribution in [3.05, 3.63) is 89.2 Å². The summed E-state index contributed by atoms with van der Waals surface area (Å²) in [5.74, 6) is 1.29. The monoisotopic (exact) mass is 446 g/mol. The Kier molecular flexibility index (Phi) is 5.77. The van der Waals surface area contributed by atoms with Crippen LogP contribution < -0.4 is 15.2 Å². The third-order valence-electron chi connectivity index (χ3n) is 6.75. The van der Waals surface area contributed by atoms with Crippen LogP contribution in [0.15, 0.2) is 66.7 Å². The molecular weight excluding hydrogens is 419 g/mol. The van der Waals surface area contributed by atoms with Gasteiger partial charge >= 0.3 is 0 Å². The second-order valence-corrected chi connectivity index (χ2v) is 8.84. The predicted molar refractivity (Wildman–Crippen MR) is 124 cm³/mol. The highest BCUT2D eigenvalue weighted by molar-refractivity contribution is 5.79. The van der Waals surface area contributed by atoms with Gasteiger partial charge in [0, 0.05) is 30.6 Å². The van der Waals surface area contributed by atoms with Gasteiger partial charge < -0.3 is 20.1 Å². The Morgan fingerprint density at radius 1 is 1.03 bits per heavy atom. The molecule has 2 aliphatic heterocycles. The topological polar surface area (TPSA) is 64.8 Å². The molecule has 5 nitrogen and oxygen atoms in total. The molecule has 0 saturated carbocycles. The Balaban J connectivity index is 1.23. The second kappa shape index (κ2) is 8.87. The molecular formula is C27H27FN2O3. The molecule has 1 fully saturated rings. The van der Waals surface area contributed by atoms with Gasteiger partial charge in [-0.05, 0) is 54.3 Å². The van der Waals surface area contributed by atoms with E-state index in [1.165, 1.54) is 11.6 Å². The lowest BCUT2D eigenvalue weighted by Gasteiger charge is -2.38. The van der Waals surface area contributed by atoms with E-state index in [2.05, 4.69) is 6.07 Å². The van der Waals surface area contributed by atoms with Gasteiger partial charge in [0.1, 0.15) is 11.5 Å². The van der Waals surface area contributed by atoms with E-state index in [1.54, 1.807) is 30.3 Å². The number of amides is 1. The number of para-hydroxylation sites is 1. The largest absolute Gasteiger partial charge is 0.492 e. The van der Waals surface area contributed by atoms with Gasteiger partial charge in [-0.2, -0.15) is 0 Å². The SMILES string of the molecule is NCc1ccc2c(c1)C1(CCN(C(=O)Cc3cccc(Oc4ccccc4F)c3)CC1)CO2. The average Bonchev–Trinajstić information content (AvgIpc) is 3.18. The molecule has 2 heterocycles. The maximum absolute atomic E-state index is 13.9. The van der Waals surface area contributed by atoms with Gasteiger partial charge in [0.25, 0.3) is 0 Å². The van der Waals surface area contributed by atoms with Crippen LogP contribution in [0.2, 0.25) is 0 Å². The lowest BCUT2D eigenvalue weighted by molar-refractivity contribution is -0.132. The van der Waals surface area contributed by atoms with Crippen molar-refractivity contribution in [3.63, 3.8) is 0 Å². The summed E-state index contributed by atoms with van der Waals surface area (Å²) in [5, 5.41) is 0. The fourth-order valence-electron chi connectivity index (χ4n) is 4.80. The first kappa shape index (κ1) is 21.5. The maximum Gasteiger partial charge on any atom is 0.226 e. The maximum atomic E-state index is 13.9. The first-order chi connectivity index (χ1) is 16.1. The number of carbonyl (C=O) groups excluding carboxylic acids is 1. The van der Waals surface area contributed by atoms with Crippen molar-refractivity contribution < 1.29 is 18.7 Å². The van der Waals surface area contributed by atoms with Crippen molar-refractivity contribution in [2.45, 2.75) is 31.2 Å². The normalized spacial score (nSPS) is 16.4. The summed E-state index contributed by atoms with van der Waals surface area (Å²) in [6.45, 7) is 2.56. The zero-order chi connectivity index (χ0) is 22.8. The minimum absolute atomic E-state index is 0.0369. The minimum atomic E-state index is -0.419. The number of likely N-dealkylation sites (tertiary alicyclic amines) is 1. The number of halogens is 1. The van der Waals surface area contributed by atoms with E-state index in [1.807, 2.05) is 29.2 Å². The van der Waals surface area contributed by atoms with Crippen LogP contribution in [0.1, 0.15) is 29.5 Å². The molecule has 3 aromatic rings. The number of benzene rings is 3. The number of piperidine rings is 1. The van der Waals surface area contributed by atoms with Crippen molar-refractivity contribution in [1.82, 2.24) is 4.90 Å². The Labute approximate surface area is 192 Å². The van der Waals surface area contributed by atoms with Gasteiger partial charge in [-0.25, -0.2) is 4.39 Å². The van der Waals surface area contributed by atoms with Crippen molar-refractivity contribution in [1.29, 1.82) is 0 Å². The molecule has 1 spiro atoms. The van der Waals surface area contributed by atoms with E-state index in [-0.39, 0.29) is 23.5 Å². The number of carbonyl (C=O) groups is 1. The summed E-state index contributed by atoms with van der Waals surface area (Å²) in [6.07, 6.45) is 2.03. The van der Waals surface area contributed by atoms with Crippen LogP contribution in [0.25, 0.3) is 0 Å². The van der Waals surface area contributed by atoms with Gasteiger partial charge in [0.15, 0.2) is 11.6 Å². The predicted octanol–water partition coefficient (Wildman–Crippen LogP) is 4.57. The van der Waals surface area contributed by atoms with Gasteiger partial charge in [-0.15, -0.1) is 0 Å². The van der Waals surface area contributed by atoms with Crippen LogP contribution in [0, 0.1) is 5.82 Å².